The van der Waals surface area contributed by atoms with Gasteiger partial charge in [0.25, 0.3) is 0 Å². The number of benzene rings is 2. The number of rotatable bonds is 6. The van der Waals surface area contributed by atoms with Crippen molar-refractivity contribution in [3.05, 3.63) is 72.9 Å². The summed E-state index contributed by atoms with van der Waals surface area (Å²) >= 11 is 0. The van der Waals surface area contributed by atoms with Gasteiger partial charge in [-0.05, 0) is 66.8 Å². The van der Waals surface area contributed by atoms with Gasteiger partial charge in [-0.2, -0.15) is 0 Å². The highest BCUT2D eigenvalue weighted by atomic mass is 16.1. The van der Waals surface area contributed by atoms with Crippen LogP contribution in [0.15, 0.2) is 72.4 Å². The molecule has 1 saturated heterocycles. The number of amides is 1. The van der Waals surface area contributed by atoms with E-state index in [1.807, 2.05) is 36.4 Å². The number of aliphatic imine (C=N–C) groups is 1. The van der Waals surface area contributed by atoms with E-state index < -0.39 is 0 Å². The van der Waals surface area contributed by atoms with Crippen LogP contribution in [0.4, 0.5) is 17.1 Å². The van der Waals surface area contributed by atoms with Crippen molar-refractivity contribution in [1.29, 1.82) is 0 Å². The molecule has 156 valence electrons. The first kappa shape index (κ1) is 21.2. The molecule has 6 heteroatoms. The van der Waals surface area contributed by atoms with Crippen LogP contribution in [0.3, 0.4) is 0 Å². The quantitative estimate of drug-likeness (QED) is 0.374. The molecule has 1 aliphatic heterocycles. The number of piperidine rings is 1. The average Bonchev–Trinajstić information content (AvgIpc) is 2.74. The Morgan fingerprint density at radius 3 is 2.50 bits per heavy atom. The van der Waals surface area contributed by atoms with E-state index in [1.54, 1.807) is 12.3 Å². The molecule has 2 aromatic carbocycles. The maximum atomic E-state index is 11.1. The Morgan fingerprint density at radius 2 is 1.80 bits per heavy atom. The first-order valence-electron chi connectivity index (χ1n) is 10.2. The second-order valence-corrected chi connectivity index (χ2v) is 7.34. The van der Waals surface area contributed by atoms with Crippen molar-refractivity contribution in [2.75, 3.05) is 28.6 Å². The molecule has 6 nitrogen and oxygen atoms in total. The van der Waals surface area contributed by atoms with Crippen molar-refractivity contribution in [3.8, 4) is 0 Å². The highest BCUT2D eigenvalue weighted by molar-refractivity contribution is 5.93. The van der Waals surface area contributed by atoms with Crippen LogP contribution >= 0.6 is 0 Å². The van der Waals surface area contributed by atoms with Gasteiger partial charge in [0.2, 0.25) is 5.91 Å². The minimum absolute atomic E-state index is 0.0970. The van der Waals surface area contributed by atoms with Gasteiger partial charge in [-0.3, -0.25) is 4.79 Å². The van der Waals surface area contributed by atoms with Crippen LogP contribution in [0.1, 0.15) is 31.7 Å². The fourth-order valence-corrected chi connectivity index (χ4v) is 3.39. The van der Waals surface area contributed by atoms with Crippen LogP contribution in [-0.4, -0.2) is 25.0 Å². The predicted octanol–water partition coefficient (Wildman–Crippen LogP) is 4.59. The molecular weight excluding hydrogens is 374 g/mol. The zero-order valence-corrected chi connectivity index (χ0v) is 17.4. The largest absolute Gasteiger partial charge is 0.371 e. The molecule has 0 bridgehead atoms. The molecule has 2 aromatic rings. The standard InChI is InChI=1S/C24H29N5O/c1-18(20-9-11-21(12-10-20)27-19(2)30)13-14-26-24(25)28-22-7-6-8-23(17-22)29-15-4-3-5-16-29/h6-14,17H,1,3-5,15-16H2,2H3,(H,27,30)(H3,25,26,28)/b14-13-. The summed E-state index contributed by atoms with van der Waals surface area (Å²) in [5, 5.41) is 5.88. The summed E-state index contributed by atoms with van der Waals surface area (Å²) in [6.45, 7) is 7.73. The van der Waals surface area contributed by atoms with Crippen LogP contribution < -0.4 is 21.3 Å². The molecule has 0 spiro atoms. The van der Waals surface area contributed by atoms with E-state index in [0.29, 0.717) is 5.96 Å². The number of allylic oxidation sites excluding steroid dienone is 2. The third kappa shape index (κ3) is 6.24. The van der Waals surface area contributed by atoms with Gasteiger partial charge in [0, 0.05) is 43.3 Å². The van der Waals surface area contributed by atoms with Crippen LogP contribution in [0.2, 0.25) is 0 Å². The van der Waals surface area contributed by atoms with Gasteiger partial charge in [-0.1, -0.05) is 24.8 Å². The summed E-state index contributed by atoms with van der Waals surface area (Å²) < 4.78 is 0. The number of carbonyl (C=O) groups excluding carboxylic acids is 1. The maximum Gasteiger partial charge on any atom is 0.221 e. The second-order valence-electron chi connectivity index (χ2n) is 7.34. The van der Waals surface area contributed by atoms with Crippen molar-refractivity contribution in [2.45, 2.75) is 26.2 Å². The van der Waals surface area contributed by atoms with Crippen molar-refractivity contribution in [3.63, 3.8) is 0 Å². The van der Waals surface area contributed by atoms with Gasteiger partial charge in [0.05, 0.1) is 0 Å². The van der Waals surface area contributed by atoms with Gasteiger partial charge < -0.3 is 21.3 Å². The molecule has 0 aromatic heterocycles. The highest BCUT2D eigenvalue weighted by Crippen LogP contribution is 2.23. The van der Waals surface area contributed by atoms with Gasteiger partial charge in [0.15, 0.2) is 5.96 Å². The van der Waals surface area contributed by atoms with Gasteiger partial charge in [-0.25, -0.2) is 4.99 Å². The molecule has 0 aliphatic carbocycles. The van der Waals surface area contributed by atoms with Crippen molar-refractivity contribution in [1.82, 2.24) is 0 Å². The van der Waals surface area contributed by atoms with E-state index in [2.05, 4.69) is 39.2 Å². The number of nitrogens with zero attached hydrogens (tertiary/aromatic N) is 2. The van der Waals surface area contributed by atoms with Gasteiger partial charge in [0.1, 0.15) is 0 Å². The number of carbonyl (C=O) groups is 1. The van der Waals surface area contributed by atoms with E-state index in [-0.39, 0.29) is 5.91 Å². The monoisotopic (exact) mass is 403 g/mol. The normalized spacial score (nSPS) is 14.6. The minimum atomic E-state index is -0.0970. The SMILES string of the molecule is C=C(/C=C\N=C(/N)Nc1cccc(N2CCCCC2)c1)c1ccc(NC(C)=O)cc1. The van der Waals surface area contributed by atoms with E-state index >= 15 is 0 Å². The predicted molar refractivity (Wildman–Crippen MR) is 127 cm³/mol. The molecule has 1 amide bonds. The number of nitrogens with two attached hydrogens (primary N) is 1. The summed E-state index contributed by atoms with van der Waals surface area (Å²) in [6.07, 6.45) is 7.22. The molecule has 30 heavy (non-hydrogen) atoms. The first-order chi connectivity index (χ1) is 14.5. The Kier molecular flexibility index (Phi) is 7.27. The average molecular weight is 404 g/mol. The second kappa shape index (κ2) is 10.3. The molecule has 0 atom stereocenters. The van der Waals surface area contributed by atoms with Crippen LogP contribution in [0.5, 0.6) is 0 Å². The Hall–Kier alpha value is -3.54. The molecule has 0 radical (unpaired) electrons. The van der Waals surface area contributed by atoms with E-state index in [4.69, 9.17) is 5.73 Å². The number of nitrogens with one attached hydrogen (secondary N) is 2. The maximum absolute atomic E-state index is 11.1. The zero-order chi connectivity index (χ0) is 21.3. The Labute approximate surface area is 178 Å². The van der Waals surface area contributed by atoms with Crippen LogP contribution in [0, 0.1) is 0 Å². The van der Waals surface area contributed by atoms with Crippen molar-refractivity contribution in [2.24, 2.45) is 10.7 Å². The number of hydrogen-bond donors (Lipinski definition) is 3. The zero-order valence-electron chi connectivity index (χ0n) is 17.4. The Bertz CT molecular complexity index is 940. The Morgan fingerprint density at radius 1 is 1.07 bits per heavy atom. The van der Waals surface area contributed by atoms with Gasteiger partial charge in [-0.15, -0.1) is 0 Å². The van der Waals surface area contributed by atoms with Gasteiger partial charge >= 0.3 is 0 Å². The number of anilines is 3. The molecule has 3 rings (SSSR count). The summed E-state index contributed by atoms with van der Waals surface area (Å²) in [5.41, 5.74) is 10.6. The lowest BCUT2D eigenvalue weighted by Crippen LogP contribution is -2.29. The van der Waals surface area contributed by atoms with Crippen molar-refractivity contribution < 1.29 is 4.79 Å². The summed E-state index contributed by atoms with van der Waals surface area (Å²) in [6, 6.07) is 15.7. The van der Waals surface area contributed by atoms with Crippen LogP contribution in [0.25, 0.3) is 5.57 Å². The lowest BCUT2D eigenvalue weighted by Gasteiger charge is -2.29. The third-order valence-electron chi connectivity index (χ3n) is 4.91. The minimum Gasteiger partial charge on any atom is -0.371 e. The van der Waals surface area contributed by atoms with E-state index in [9.17, 15) is 4.79 Å². The summed E-state index contributed by atoms with van der Waals surface area (Å²) in [5.74, 6) is 0.219. The molecule has 1 fully saturated rings. The molecular formula is C24H29N5O. The molecule has 1 heterocycles. The highest BCUT2D eigenvalue weighted by Gasteiger charge is 2.11. The topological polar surface area (TPSA) is 82.8 Å². The third-order valence-corrected chi connectivity index (χ3v) is 4.91. The molecule has 4 N–H and O–H groups in total. The molecule has 0 unspecified atom stereocenters. The smallest absolute Gasteiger partial charge is 0.221 e. The Balaban J connectivity index is 1.57. The fourth-order valence-electron chi connectivity index (χ4n) is 3.39. The number of guanidine groups is 1. The lowest BCUT2D eigenvalue weighted by atomic mass is 10.1. The molecule has 0 saturated carbocycles. The molecule has 1 aliphatic rings. The van der Waals surface area contributed by atoms with Crippen LogP contribution in [-0.2, 0) is 4.79 Å². The summed E-state index contributed by atoms with van der Waals surface area (Å²) in [4.78, 5) is 17.8. The fraction of sp³-hybridized carbons (Fsp3) is 0.250. The number of hydrogen-bond acceptors (Lipinski definition) is 3. The van der Waals surface area contributed by atoms with Crippen molar-refractivity contribution >= 4 is 34.5 Å². The summed E-state index contributed by atoms with van der Waals surface area (Å²) in [7, 11) is 0. The lowest BCUT2D eigenvalue weighted by molar-refractivity contribution is -0.114. The first-order valence-corrected chi connectivity index (χ1v) is 10.2. The van der Waals surface area contributed by atoms with E-state index in [0.717, 1.165) is 35.6 Å². The van der Waals surface area contributed by atoms with E-state index in [1.165, 1.54) is 31.9 Å².